The van der Waals surface area contributed by atoms with Crippen molar-refractivity contribution in [3.8, 4) is 0 Å². The molecule has 25 heavy (non-hydrogen) atoms. The maximum Gasteiger partial charge on any atom is 0.407 e. The van der Waals surface area contributed by atoms with Crippen LogP contribution in [-0.4, -0.2) is 46.1 Å². The molecule has 2 N–H and O–H groups in total. The van der Waals surface area contributed by atoms with E-state index < -0.39 is 12.1 Å². The van der Waals surface area contributed by atoms with Gasteiger partial charge in [-0.2, -0.15) is 0 Å². The lowest BCUT2D eigenvalue weighted by Crippen LogP contribution is -2.58. The van der Waals surface area contributed by atoms with Gasteiger partial charge in [-0.25, -0.2) is 9.78 Å². The van der Waals surface area contributed by atoms with Crippen molar-refractivity contribution in [2.45, 2.75) is 58.7 Å². The number of aromatic nitrogens is 2. The number of alkyl carbamates (subject to hydrolysis) is 1. The van der Waals surface area contributed by atoms with E-state index in [1.54, 1.807) is 6.20 Å². The Bertz CT molecular complexity index is 619. The van der Waals surface area contributed by atoms with Gasteiger partial charge in [-0.3, -0.25) is 4.79 Å². The number of H-pyrrole nitrogens is 1. The van der Waals surface area contributed by atoms with Gasteiger partial charge < -0.3 is 19.9 Å². The number of carbonyl (C=O) groups is 2. The van der Waals surface area contributed by atoms with Gasteiger partial charge in [0, 0.05) is 6.04 Å². The molecule has 1 aliphatic rings. The van der Waals surface area contributed by atoms with E-state index in [9.17, 15) is 9.59 Å². The lowest BCUT2D eigenvalue weighted by atomic mass is 9.78. The van der Waals surface area contributed by atoms with Crippen LogP contribution in [0.4, 0.5) is 4.79 Å². The first-order valence-corrected chi connectivity index (χ1v) is 9.42. The largest absolute Gasteiger partial charge is 0.453 e. The number of hydrogen-bond donors (Lipinski definition) is 2. The normalized spacial score (nSPS) is 22.0. The van der Waals surface area contributed by atoms with E-state index in [0.29, 0.717) is 5.92 Å². The number of halogens is 1. The maximum atomic E-state index is 13.3. The average molecular weight is 415 g/mol. The van der Waals surface area contributed by atoms with Gasteiger partial charge in [0.2, 0.25) is 5.91 Å². The summed E-state index contributed by atoms with van der Waals surface area (Å²) in [5, 5.41) is 2.68. The Labute approximate surface area is 157 Å². The van der Waals surface area contributed by atoms with Crippen molar-refractivity contribution in [2.24, 2.45) is 11.8 Å². The highest BCUT2D eigenvalue weighted by Gasteiger charge is 2.42. The Morgan fingerprint density at radius 3 is 2.48 bits per heavy atom. The van der Waals surface area contributed by atoms with Crippen molar-refractivity contribution in [1.29, 1.82) is 0 Å². The minimum atomic E-state index is -0.638. The van der Waals surface area contributed by atoms with Crippen molar-refractivity contribution >= 4 is 27.9 Å². The number of hydrogen-bond acceptors (Lipinski definition) is 4. The van der Waals surface area contributed by atoms with Gasteiger partial charge in [-0.15, -0.1) is 0 Å². The van der Waals surface area contributed by atoms with Gasteiger partial charge in [-0.05, 0) is 47.5 Å². The fraction of sp³-hybridized carbons (Fsp3) is 0.706. The third kappa shape index (κ3) is 4.34. The Hall–Kier alpha value is -1.57. The standard InChI is InChI=1S/C17H27BrN4O3/c1-9(2)14(21-17(24)25-5)16(23)22(12-7-6-10(12)3)11(4)15-19-8-13(18)20-15/h8-12,14H,6-7H2,1-5H3,(H,19,20)(H,21,24)/t10-,11+,12+,14+/m1/s1. The summed E-state index contributed by atoms with van der Waals surface area (Å²) in [7, 11) is 1.30. The van der Waals surface area contributed by atoms with Crippen LogP contribution in [0.1, 0.15) is 52.4 Å². The molecule has 140 valence electrons. The third-order valence-electron chi connectivity index (χ3n) is 4.96. The molecule has 8 heteroatoms. The van der Waals surface area contributed by atoms with Crippen molar-refractivity contribution in [2.75, 3.05) is 7.11 Å². The van der Waals surface area contributed by atoms with Crippen LogP contribution in [0.25, 0.3) is 0 Å². The fourth-order valence-electron chi connectivity index (χ4n) is 3.22. The van der Waals surface area contributed by atoms with E-state index in [-0.39, 0.29) is 23.9 Å². The van der Waals surface area contributed by atoms with E-state index in [4.69, 9.17) is 0 Å². The summed E-state index contributed by atoms with van der Waals surface area (Å²) in [6.45, 7) is 7.94. The first-order valence-electron chi connectivity index (χ1n) is 8.63. The molecule has 1 heterocycles. The highest BCUT2D eigenvalue weighted by Crippen LogP contribution is 2.37. The lowest BCUT2D eigenvalue weighted by molar-refractivity contribution is -0.144. The molecule has 4 atom stereocenters. The van der Waals surface area contributed by atoms with Gasteiger partial charge >= 0.3 is 6.09 Å². The Balaban J connectivity index is 2.29. The quantitative estimate of drug-likeness (QED) is 0.747. The lowest BCUT2D eigenvalue weighted by Gasteiger charge is -2.46. The van der Waals surface area contributed by atoms with Crippen molar-refractivity contribution in [1.82, 2.24) is 20.2 Å². The van der Waals surface area contributed by atoms with Crippen LogP contribution in [0.2, 0.25) is 0 Å². The Morgan fingerprint density at radius 2 is 2.08 bits per heavy atom. The van der Waals surface area contributed by atoms with E-state index in [1.165, 1.54) is 7.11 Å². The van der Waals surface area contributed by atoms with Gasteiger partial charge in [0.15, 0.2) is 0 Å². The van der Waals surface area contributed by atoms with Crippen LogP contribution >= 0.6 is 15.9 Å². The summed E-state index contributed by atoms with van der Waals surface area (Å²) in [6, 6.07) is -0.708. The molecule has 0 bridgehead atoms. The number of nitrogens with zero attached hydrogens (tertiary/aromatic N) is 2. The molecule has 2 amide bonds. The summed E-state index contributed by atoms with van der Waals surface area (Å²) in [6.07, 6.45) is 3.15. The summed E-state index contributed by atoms with van der Waals surface area (Å²) in [5.74, 6) is 0.993. The molecule has 0 aliphatic heterocycles. The molecule has 0 radical (unpaired) electrons. The smallest absolute Gasteiger partial charge is 0.407 e. The molecule has 1 aliphatic carbocycles. The number of aromatic amines is 1. The van der Waals surface area contributed by atoms with Crippen LogP contribution in [0.3, 0.4) is 0 Å². The molecular formula is C17H27BrN4O3. The number of imidazole rings is 1. The number of rotatable bonds is 6. The first kappa shape index (κ1) is 19.8. The molecule has 1 fully saturated rings. The fourth-order valence-corrected chi connectivity index (χ4v) is 3.53. The van der Waals surface area contributed by atoms with Crippen molar-refractivity contribution in [3.63, 3.8) is 0 Å². The zero-order chi connectivity index (χ0) is 18.7. The van der Waals surface area contributed by atoms with E-state index in [2.05, 4.69) is 42.9 Å². The molecule has 1 aromatic rings. The predicted octanol–water partition coefficient (Wildman–Crippen LogP) is 3.24. The van der Waals surface area contributed by atoms with Gasteiger partial charge in [0.05, 0.1) is 19.3 Å². The molecule has 1 saturated carbocycles. The molecule has 7 nitrogen and oxygen atoms in total. The highest BCUT2D eigenvalue weighted by atomic mass is 79.9. The van der Waals surface area contributed by atoms with E-state index in [1.807, 2.05) is 25.7 Å². The Kier molecular flexibility index (Phi) is 6.48. The third-order valence-corrected chi connectivity index (χ3v) is 5.36. The second-order valence-electron chi connectivity index (χ2n) is 7.02. The van der Waals surface area contributed by atoms with Crippen LogP contribution < -0.4 is 5.32 Å². The maximum absolute atomic E-state index is 13.3. The van der Waals surface area contributed by atoms with Crippen LogP contribution in [0, 0.1) is 11.8 Å². The monoisotopic (exact) mass is 414 g/mol. The van der Waals surface area contributed by atoms with Gasteiger partial charge in [0.1, 0.15) is 16.5 Å². The highest BCUT2D eigenvalue weighted by molar-refractivity contribution is 9.10. The SMILES string of the molecule is COC(=O)N[C@H](C(=O)N([C@@H](C)c1ncc(Br)[nH]1)[C@H]1CC[C@H]1C)C(C)C. The first-order chi connectivity index (χ1) is 11.8. The zero-order valence-corrected chi connectivity index (χ0v) is 17.0. The minimum absolute atomic E-state index is 0.0555. The molecule has 2 rings (SSSR count). The molecular weight excluding hydrogens is 388 g/mol. The number of ether oxygens (including phenoxy) is 1. The number of nitrogens with one attached hydrogen (secondary N) is 2. The van der Waals surface area contributed by atoms with Crippen LogP contribution in [0.5, 0.6) is 0 Å². The number of amides is 2. The molecule has 0 unspecified atom stereocenters. The summed E-state index contributed by atoms with van der Waals surface area (Å²) in [4.78, 5) is 34.4. The van der Waals surface area contributed by atoms with E-state index >= 15 is 0 Å². The summed E-state index contributed by atoms with van der Waals surface area (Å²) >= 11 is 3.37. The number of methoxy groups -OCH3 is 1. The van der Waals surface area contributed by atoms with Gasteiger partial charge in [0.25, 0.3) is 0 Å². The number of carbonyl (C=O) groups excluding carboxylic acids is 2. The molecule has 0 spiro atoms. The van der Waals surface area contributed by atoms with Crippen molar-refractivity contribution in [3.05, 3.63) is 16.6 Å². The topological polar surface area (TPSA) is 87.3 Å². The second-order valence-corrected chi connectivity index (χ2v) is 7.87. The summed E-state index contributed by atoms with van der Waals surface area (Å²) < 4.78 is 5.46. The molecule has 0 aromatic carbocycles. The van der Waals surface area contributed by atoms with Crippen molar-refractivity contribution < 1.29 is 14.3 Å². The Morgan fingerprint density at radius 1 is 1.40 bits per heavy atom. The summed E-state index contributed by atoms with van der Waals surface area (Å²) in [5.41, 5.74) is 0. The van der Waals surface area contributed by atoms with Crippen LogP contribution in [0.15, 0.2) is 10.8 Å². The second kappa shape index (κ2) is 8.21. The van der Waals surface area contributed by atoms with E-state index in [0.717, 1.165) is 23.3 Å². The molecule has 0 saturated heterocycles. The van der Waals surface area contributed by atoms with Gasteiger partial charge in [-0.1, -0.05) is 20.8 Å². The zero-order valence-electron chi connectivity index (χ0n) is 15.4. The minimum Gasteiger partial charge on any atom is -0.453 e. The molecule has 1 aromatic heterocycles. The van der Waals surface area contributed by atoms with Crippen LogP contribution in [-0.2, 0) is 9.53 Å². The predicted molar refractivity (Wildman–Crippen MR) is 97.9 cm³/mol. The average Bonchev–Trinajstić information content (AvgIpc) is 3.00.